The van der Waals surface area contributed by atoms with Gasteiger partial charge in [0.2, 0.25) is 0 Å². The molecule has 1 saturated heterocycles. The van der Waals surface area contributed by atoms with Crippen molar-refractivity contribution < 1.29 is 0 Å². The average Bonchev–Trinajstić information content (AvgIpc) is 2.53. The fourth-order valence-corrected chi connectivity index (χ4v) is 2.51. The topological polar surface area (TPSA) is 22.6 Å². The van der Waals surface area contributed by atoms with E-state index >= 15 is 0 Å². The lowest BCUT2D eigenvalue weighted by molar-refractivity contribution is 0.242. The van der Waals surface area contributed by atoms with Crippen molar-refractivity contribution >= 4 is 5.82 Å². The zero-order chi connectivity index (χ0) is 13.5. The van der Waals surface area contributed by atoms with Crippen LogP contribution < -0.4 is 4.90 Å². The Hall–Kier alpha value is -1.13. The molecule has 2 heterocycles. The number of pyridine rings is 1. The molecular weight excluding hydrogens is 236 g/mol. The van der Waals surface area contributed by atoms with Crippen LogP contribution >= 0.6 is 0 Å². The highest BCUT2D eigenvalue weighted by atomic mass is 15.3. The van der Waals surface area contributed by atoms with Gasteiger partial charge in [-0.2, -0.15) is 0 Å². The van der Waals surface area contributed by atoms with E-state index in [2.05, 4.69) is 45.8 Å². The monoisotopic (exact) mass is 262 g/mol. The van der Waals surface area contributed by atoms with Crippen molar-refractivity contribution in [1.82, 2.24) is 14.8 Å². The number of nitrogens with zero attached hydrogens (tertiary/aromatic N) is 4. The number of aromatic nitrogens is 1. The smallest absolute Gasteiger partial charge is 0.128 e. The lowest BCUT2D eigenvalue weighted by atomic mass is 10.3. The summed E-state index contributed by atoms with van der Waals surface area (Å²) in [6, 6.07) is 6.17. The summed E-state index contributed by atoms with van der Waals surface area (Å²) < 4.78 is 0. The number of anilines is 1. The fourth-order valence-electron chi connectivity index (χ4n) is 2.51. The van der Waals surface area contributed by atoms with Gasteiger partial charge in [0.25, 0.3) is 0 Å². The first-order chi connectivity index (χ1) is 9.29. The van der Waals surface area contributed by atoms with Crippen molar-refractivity contribution in [2.75, 3.05) is 57.8 Å². The molecule has 0 unspecified atom stereocenters. The lowest BCUT2D eigenvalue weighted by Gasteiger charge is -2.26. The number of hydrogen-bond acceptors (Lipinski definition) is 4. The second-order valence-electron chi connectivity index (χ2n) is 5.32. The summed E-state index contributed by atoms with van der Waals surface area (Å²) in [4.78, 5) is 11.9. The minimum atomic E-state index is 1.06. The summed E-state index contributed by atoms with van der Waals surface area (Å²) in [7, 11) is 2.21. The van der Waals surface area contributed by atoms with Gasteiger partial charge in [0.1, 0.15) is 5.82 Å². The molecule has 1 aromatic heterocycles. The molecule has 1 fully saturated rings. The van der Waals surface area contributed by atoms with Crippen LogP contribution in [0, 0.1) is 0 Å². The first kappa shape index (κ1) is 14.3. The van der Waals surface area contributed by atoms with E-state index in [9.17, 15) is 0 Å². The fraction of sp³-hybridized carbons (Fsp3) is 0.667. The van der Waals surface area contributed by atoms with Gasteiger partial charge in [0, 0.05) is 45.5 Å². The van der Waals surface area contributed by atoms with E-state index in [1.54, 1.807) is 0 Å². The zero-order valence-corrected chi connectivity index (χ0v) is 12.3. The highest BCUT2D eigenvalue weighted by molar-refractivity contribution is 5.37. The van der Waals surface area contributed by atoms with Crippen molar-refractivity contribution in [1.29, 1.82) is 0 Å². The van der Waals surface area contributed by atoms with Gasteiger partial charge in [-0.05, 0) is 32.1 Å². The van der Waals surface area contributed by atoms with Crippen molar-refractivity contribution in [3.63, 3.8) is 0 Å². The number of hydrogen-bond donors (Lipinski definition) is 0. The van der Waals surface area contributed by atoms with E-state index in [1.165, 1.54) is 19.5 Å². The van der Waals surface area contributed by atoms with Crippen LogP contribution in [0.25, 0.3) is 0 Å². The largest absolute Gasteiger partial charge is 0.354 e. The molecule has 1 aliphatic heterocycles. The predicted octanol–water partition coefficient (Wildman–Crippen LogP) is 1.55. The quantitative estimate of drug-likeness (QED) is 0.824. The molecule has 1 aromatic rings. The Balaban J connectivity index is 2.02. The van der Waals surface area contributed by atoms with Gasteiger partial charge in [-0.3, -0.25) is 0 Å². The normalized spacial score (nSPS) is 19.8. The Bertz CT molecular complexity index is 354. The van der Waals surface area contributed by atoms with Crippen LogP contribution in [0.5, 0.6) is 0 Å². The van der Waals surface area contributed by atoms with E-state index in [4.69, 9.17) is 0 Å². The summed E-state index contributed by atoms with van der Waals surface area (Å²) in [6.07, 6.45) is 3.11. The lowest BCUT2D eigenvalue weighted by Crippen LogP contribution is -2.36. The molecule has 0 spiro atoms. The average molecular weight is 262 g/mol. The molecule has 0 N–H and O–H groups in total. The maximum absolute atomic E-state index is 4.49. The van der Waals surface area contributed by atoms with Crippen LogP contribution in [0.15, 0.2) is 24.4 Å². The first-order valence-electron chi connectivity index (χ1n) is 7.36. The summed E-state index contributed by atoms with van der Waals surface area (Å²) in [5.41, 5.74) is 0. The standard InChI is InChI=1S/C15H26N4/c1-3-8-18-11-9-17(2)10-13-19(14-12-18)15-6-4-5-7-16-15/h4-7H,3,8-14H2,1-2H3. The third-order valence-electron chi connectivity index (χ3n) is 3.75. The van der Waals surface area contributed by atoms with Gasteiger partial charge in [-0.25, -0.2) is 4.98 Å². The Labute approximate surface area is 117 Å². The van der Waals surface area contributed by atoms with Crippen LogP contribution in [-0.4, -0.2) is 67.6 Å². The summed E-state index contributed by atoms with van der Waals surface area (Å²) >= 11 is 0. The molecule has 0 bridgehead atoms. The van der Waals surface area contributed by atoms with Crippen molar-refractivity contribution in [3.05, 3.63) is 24.4 Å². The molecule has 0 aliphatic carbocycles. The predicted molar refractivity (Wildman–Crippen MR) is 80.7 cm³/mol. The van der Waals surface area contributed by atoms with E-state index in [0.717, 1.165) is 38.5 Å². The van der Waals surface area contributed by atoms with E-state index in [1.807, 2.05) is 12.3 Å². The Morgan fingerprint density at radius 3 is 2.53 bits per heavy atom. The minimum Gasteiger partial charge on any atom is -0.354 e. The van der Waals surface area contributed by atoms with Crippen molar-refractivity contribution in [3.8, 4) is 0 Å². The van der Waals surface area contributed by atoms with Gasteiger partial charge < -0.3 is 14.7 Å². The summed E-state index contributed by atoms with van der Waals surface area (Å²) in [6.45, 7) is 10.2. The third-order valence-corrected chi connectivity index (χ3v) is 3.75. The maximum Gasteiger partial charge on any atom is 0.128 e. The molecule has 0 saturated carbocycles. The molecular formula is C15H26N4. The SMILES string of the molecule is CCCN1CCN(C)CCN(c2ccccn2)CC1. The van der Waals surface area contributed by atoms with Crippen molar-refractivity contribution in [2.24, 2.45) is 0 Å². The molecule has 0 aromatic carbocycles. The minimum absolute atomic E-state index is 1.06. The highest BCUT2D eigenvalue weighted by Crippen LogP contribution is 2.10. The van der Waals surface area contributed by atoms with E-state index < -0.39 is 0 Å². The van der Waals surface area contributed by atoms with Crippen molar-refractivity contribution in [2.45, 2.75) is 13.3 Å². The van der Waals surface area contributed by atoms with Crippen LogP contribution in [0.1, 0.15) is 13.3 Å². The molecule has 0 amide bonds. The Morgan fingerprint density at radius 2 is 1.79 bits per heavy atom. The molecule has 4 nitrogen and oxygen atoms in total. The summed E-state index contributed by atoms with van der Waals surface area (Å²) in [5, 5.41) is 0. The second-order valence-corrected chi connectivity index (χ2v) is 5.32. The van der Waals surface area contributed by atoms with E-state index in [-0.39, 0.29) is 0 Å². The van der Waals surface area contributed by atoms with Gasteiger partial charge in [0.15, 0.2) is 0 Å². The van der Waals surface area contributed by atoms with Gasteiger partial charge >= 0.3 is 0 Å². The van der Waals surface area contributed by atoms with Crippen LogP contribution in [0.4, 0.5) is 5.82 Å². The van der Waals surface area contributed by atoms with E-state index in [0.29, 0.717) is 0 Å². The molecule has 4 heteroatoms. The van der Waals surface area contributed by atoms with Gasteiger partial charge in [-0.15, -0.1) is 0 Å². The zero-order valence-electron chi connectivity index (χ0n) is 12.3. The third kappa shape index (κ3) is 4.48. The van der Waals surface area contributed by atoms with Crippen LogP contribution in [0.2, 0.25) is 0 Å². The maximum atomic E-state index is 4.49. The molecule has 2 rings (SSSR count). The number of likely N-dealkylation sites (N-methyl/N-ethyl adjacent to an activating group) is 1. The van der Waals surface area contributed by atoms with Gasteiger partial charge in [-0.1, -0.05) is 13.0 Å². The van der Waals surface area contributed by atoms with Crippen LogP contribution in [-0.2, 0) is 0 Å². The highest BCUT2D eigenvalue weighted by Gasteiger charge is 2.14. The second kappa shape index (κ2) is 7.46. The summed E-state index contributed by atoms with van der Waals surface area (Å²) in [5.74, 6) is 1.11. The molecule has 19 heavy (non-hydrogen) atoms. The van der Waals surface area contributed by atoms with Crippen LogP contribution in [0.3, 0.4) is 0 Å². The Morgan fingerprint density at radius 1 is 1.05 bits per heavy atom. The molecule has 1 aliphatic rings. The molecule has 0 atom stereocenters. The first-order valence-corrected chi connectivity index (χ1v) is 7.36. The van der Waals surface area contributed by atoms with Gasteiger partial charge in [0.05, 0.1) is 0 Å². The molecule has 0 radical (unpaired) electrons. The number of rotatable bonds is 3. The molecule has 106 valence electrons. The Kier molecular flexibility index (Phi) is 5.61.